The lowest BCUT2D eigenvalue weighted by Crippen LogP contribution is -2.17. The number of nitrogens with one attached hydrogen (secondary N) is 2. The maximum absolute atomic E-state index is 13.5. The first-order valence-corrected chi connectivity index (χ1v) is 8.18. The molecule has 120 valence electrons. The molecule has 0 unspecified atom stereocenters. The van der Waals surface area contributed by atoms with Gasteiger partial charge in [-0.25, -0.2) is 12.8 Å². The molecule has 0 aliphatic rings. The van der Waals surface area contributed by atoms with Crippen LogP contribution in [0.3, 0.4) is 0 Å². The number of benzene rings is 2. The zero-order valence-corrected chi connectivity index (χ0v) is 13.1. The molecule has 0 radical (unpaired) electrons. The quantitative estimate of drug-likeness (QED) is 0.825. The third-order valence-electron chi connectivity index (χ3n) is 2.93. The topological polar surface area (TPSA) is 75.3 Å². The number of anilines is 1. The van der Waals surface area contributed by atoms with Gasteiger partial charge in [0.1, 0.15) is 0 Å². The van der Waals surface area contributed by atoms with E-state index in [1.807, 2.05) is 0 Å². The summed E-state index contributed by atoms with van der Waals surface area (Å²) in [6.07, 6.45) is 0.973. The van der Waals surface area contributed by atoms with Crippen LogP contribution in [0, 0.1) is 0 Å². The summed E-state index contributed by atoms with van der Waals surface area (Å²) in [7, 11) is -2.49. The van der Waals surface area contributed by atoms with E-state index in [0.29, 0.717) is 5.69 Å². The Morgan fingerprint density at radius 2 is 1.78 bits per heavy atom. The maximum Gasteiger partial charge on any atom is 0.279 e. The van der Waals surface area contributed by atoms with Gasteiger partial charge in [-0.1, -0.05) is 30.3 Å². The van der Waals surface area contributed by atoms with Crippen LogP contribution in [0.2, 0.25) is 0 Å². The molecule has 2 aromatic carbocycles. The first-order valence-electron chi connectivity index (χ1n) is 6.69. The van der Waals surface area contributed by atoms with Gasteiger partial charge in [-0.15, -0.1) is 0 Å². The van der Waals surface area contributed by atoms with E-state index in [0.717, 1.165) is 6.08 Å². The predicted octanol–water partition coefficient (Wildman–Crippen LogP) is 2.54. The van der Waals surface area contributed by atoms with Gasteiger partial charge in [-0.05, 0) is 35.9 Å². The highest BCUT2D eigenvalue weighted by Crippen LogP contribution is 2.18. The van der Waals surface area contributed by atoms with Gasteiger partial charge in [-0.2, -0.15) is 0 Å². The Hall–Kier alpha value is -2.67. The van der Waals surface area contributed by atoms with E-state index in [2.05, 4.69) is 10.0 Å². The van der Waals surface area contributed by atoms with Crippen LogP contribution >= 0.6 is 0 Å². The number of hydrogen-bond acceptors (Lipinski definition) is 3. The van der Waals surface area contributed by atoms with Gasteiger partial charge >= 0.3 is 0 Å². The molecule has 2 aromatic rings. The molecular formula is C16H15FN2O3S. The highest BCUT2D eigenvalue weighted by molar-refractivity contribution is 7.92. The molecule has 2 N–H and O–H groups in total. The second-order valence-corrected chi connectivity index (χ2v) is 6.30. The Balaban J connectivity index is 2.30. The largest absolute Gasteiger partial charge is 0.353 e. The second-order valence-electron chi connectivity index (χ2n) is 4.62. The number of likely N-dealkylation sites (N-methyl/N-ethyl adjacent to an activating group) is 1. The van der Waals surface area contributed by atoms with Crippen LogP contribution in [-0.4, -0.2) is 21.4 Å². The van der Waals surface area contributed by atoms with Gasteiger partial charge in [0.05, 0.1) is 4.90 Å². The van der Waals surface area contributed by atoms with Crippen LogP contribution in [0.5, 0.6) is 0 Å². The Morgan fingerprint density at radius 1 is 1.09 bits per heavy atom. The fourth-order valence-electron chi connectivity index (χ4n) is 1.82. The van der Waals surface area contributed by atoms with Crippen molar-refractivity contribution in [1.29, 1.82) is 0 Å². The Kier molecular flexibility index (Phi) is 5.13. The number of hydrogen-bond donors (Lipinski definition) is 2. The van der Waals surface area contributed by atoms with E-state index in [4.69, 9.17) is 0 Å². The lowest BCUT2D eigenvalue weighted by molar-refractivity contribution is -0.118. The molecule has 7 heteroatoms. The average Bonchev–Trinajstić information content (AvgIpc) is 2.55. The molecular weight excluding hydrogens is 319 g/mol. The molecule has 0 aliphatic carbocycles. The minimum absolute atomic E-state index is 0.0280. The second kappa shape index (κ2) is 7.06. The number of para-hydroxylation sites is 1. The van der Waals surface area contributed by atoms with Crippen molar-refractivity contribution in [3.8, 4) is 0 Å². The van der Waals surface area contributed by atoms with Gasteiger partial charge in [-0.3, -0.25) is 9.52 Å². The summed E-state index contributed by atoms with van der Waals surface area (Å²) in [5.41, 5.74) is 0.687. The molecule has 1 amide bonds. The van der Waals surface area contributed by atoms with Crippen molar-refractivity contribution in [3.63, 3.8) is 0 Å². The fourth-order valence-corrected chi connectivity index (χ4v) is 2.94. The Bertz CT molecular complexity index is 833. The van der Waals surface area contributed by atoms with Gasteiger partial charge < -0.3 is 5.32 Å². The van der Waals surface area contributed by atoms with E-state index in [1.165, 1.54) is 31.3 Å². The number of halogens is 1. The summed E-state index contributed by atoms with van der Waals surface area (Å²) in [4.78, 5) is 11.1. The molecule has 0 aromatic heterocycles. The van der Waals surface area contributed by atoms with Crippen LogP contribution in [0.25, 0.3) is 6.08 Å². The third-order valence-corrected chi connectivity index (χ3v) is 4.31. The minimum atomic E-state index is -3.80. The molecule has 0 bridgehead atoms. The number of sulfonamides is 1. The number of carbonyl (C=O) groups excluding carboxylic acids is 1. The monoisotopic (exact) mass is 334 g/mol. The molecule has 0 saturated carbocycles. The van der Waals surface area contributed by atoms with Gasteiger partial charge in [0.2, 0.25) is 0 Å². The zero-order chi connectivity index (χ0) is 16.9. The summed E-state index contributed by atoms with van der Waals surface area (Å²) in [5.74, 6) is -1.88. The first kappa shape index (κ1) is 16.7. The predicted molar refractivity (Wildman–Crippen MR) is 86.8 cm³/mol. The SMILES string of the molecule is CNC(=O)/C(F)=C/c1cccc(S(=O)(=O)Nc2ccccc2)c1. The van der Waals surface area contributed by atoms with E-state index in [-0.39, 0.29) is 10.5 Å². The van der Waals surface area contributed by atoms with Crippen LogP contribution < -0.4 is 10.0 Å². The van der Waals surface area contributed by atoms with Crippen molar-refractivity contribution >= 4 is 27.7 Å². The molecule has 2 rings (SSSR count). The molecule has 0 atom stereocenters. The summed E-state index contributed by atoms with van der Waals surface area (Å²) in [6, 6.07) is 14.1. The standard InChI is InChI=1S/C16H15FN2O3S/c1-18-16(20)15(17)11-12-6-5-9-14(10-12)23(21,22)19-13-7-3-2-4-8-13/h2-11,19H,1H3,(H,18,20)/b15-11-. The van der Waals surface area contributed by atoms with Crippen molar-refractivity contribution < 1.29 is 17.6 Å². The molecule has 0 aliphatic heterocycles. The van der Waals surface area contributed by atoms with Crippen LogP contribution in [-0.2, 0) is 14.8 Å². The van der Waals surface area contributed by atoms with Crippen LogP contribution in [0.4, 0.5) is 10.1 Å². The highest BCUT2D eigenvalue weighted by atomic mass is 32.2. The van der Waals surface area contributed by atoms with Crippen LogP contribution in [0.1, 0.15) is 5.56 Å². The third kappa shape index (κ3) is 4.40. The highest BCUT2D eigenvalue weighted by Gasteiger charge is 2.14. The van der Waals surface area contributed by atoms with Gasteiger partial charge in [0, 0.05) is 12.7 Å². The summed E-state index contributed by atoms with van der Waals surface area (Å²) < 4.78 is 40.6. The van der Waals surface area contributed by atoms with E-state index in [9.17, 15) is 17.6 Å². The van der Waals surface area contributed by atoms with Crippen molar-refractivity contribution in [2.45, 2.75) is 4.90 Å². The van der Waals surface area contributed by atoms with E-state index < -0.39 is 21.8 Å². The summed E-state index contributed by atoms with van der Waals surface area (Å²) in [5, 5.41) is 2.15. The smallest absolute Gasteiger partial charge is 0.279 e. The average molecular weight is 334 g/mol. The number of carbonyl (C=O) groups is 1. The van der Waals surface area contributed by atoms with Crippen molar-refractivity contribution in [2.24, 2.45) is 0 Å². The fraction of sp³-hybridized carbons (Fsp3) is 0.0625. The van der Waals surface area contributed by atoms with E-state index >= 15 is 0 Å². The van der Waals surface area contributed by atoms with E-state index in [1.54, 1.807) is 30.3 Å². The Labute approximate surface area is 133 Å². The lowest BCUT2D eigenvalue weighted by atomic mass is 10.2. The Morgan fingerprint density at radius 3 is 2.43 bits per heavy atom. The zero-order valence-electron chi connectivity index (χ0n) is 12.3. The molecule has 0 saturated heterocycles. The maximum atomic E-state index is 13.5. The lowest BCUT2D eigenvalue weighted by Gasteiger charge is -2.08. The number of rotatable bonds is 5. The molecule has 5 nitrogen and oxygen atoms in total. The first-order chi connectivity index (χ1) is 10.9. The van der Waals surface area contributed by atoms with Gasteiger partial charge in [0.15, 0.2) is 5.83 Å². The minimum Gasteiger partial charge on any atom is -0.353 e. The summed E-state index contributed by atoms with van der Waals surface area (Å²) in [6.45, 7) is 0. The molecule has 0 fully saturated rings. The van der Waals surface area contributed by atoms with Crippen molar-refractivity contribution in [1.82, 2.24) is 5.32 Å². The van der Waals surface area contributed by atoms with Crippen LogP contribution in [0.15, 0.2) is 65.3 Å². The molecule has 0 heterocycles. The summed E-state index contributed by atoms with van der Waals surface area (Å²) >= 11 is 0. The van der Waals surface area contributed by atoms with Crippen molar-refractivity contribution in [2.75, 3.05) is 11.8 Å². The molecule has 23 heavy (non-hydrogen) atoms. The molecule has 0 spiro atoms. The number of amides is 1. The normalized spacial score (nSPS) is 11.8. The van der Waals surface area contributed by atoms with Crippen molar-refractivity contribution in [3.05, 3.63) is 66.0 Å². The van der Waals surface area contributed by atoms with Gasteiger partial charge in [0.25, 0.3) is 15.9 Å².